The first-order chi connectivity index (χ1) is 10.1. The van der Waals surface area contributed by atoms with E-state index in [0.717, 1.165) is 24.6 Å². The van der Waals surface area contributed by atoms with Crippen molar-refractivity contribution < 1.29 is 13.6 Å². The Hall–Kier alpha value is -0.750. The second-order valence-corrected chi connectivity index (χ2v) is 7.14. The summed E-state index contributed by atoms with van der Waals surface area (Å²) < 4.78 is 26.5. The molecule has 0 spiro atoms. The lowest BCUT2D eigenvalue weighted by molar-refractivity contribution is 0.0664. The van der Waals surface area contributed by atoms with Gasteiger partial charge in [0.25, 0.3) is 0 Å². The summed E-state index contributed by atoms with van der Waals surface area (Å²) in [5.74, 6) is 4.76. The SMILES string of the molecule is N#CC(CF)(SCC(ON)c1cc(Br)cnc1F)C1CC1. The van der Waals surface area contributed by atoms with Gasteiger partial charge < -0.3 is 0 Å². The van der Waals surface area contributed by atoms with Crippen molar-refractivity contribution >= 4 is 27.7 Å². The van der Waals surface area contributed by atoms with E-state index in [9.17, 15) is 14.0 Å². The molecule has 1 aliphatic rings. The Morgan fingerprint density at radius 3 is 2.90 bits per heavy atom. The lowest BCUT2D eigenvalue weighted by atomic mass is 10.1. The minimum Gasteiger partial charge on any atom is -0.295 e. The summed E-state index contributed by atoms with van der Waals surface area (Å²) in [6.07, 6.45) is 2.21. The van der Waals surface area contributed by atoms with Gasteiger partial charge in [-0.15, -0.1) is 11.8 Å². The van der Waals surface area contributed by atoms with Crippen LogP contribution >= 0.6 is 27.7 Å². The number of nitriles is 1. The van der Waals surface area contributed by atoms with Gasteiger partial charge in [0.2, 0.25) is 5.95 Å². The number of pyridine rings is 1. The van der Waals surface area contributed by atoms with Crippen LogP contribution in [0.5, 0.6) is 0 Å². The second kappa shape index (κ2) is 7.01. The first kappa shape index (κ1) is 16.6. The van der Waals surface area contributed by atoms with Gasteiger partial charge in [-0.2, -0.15) is 9.65 Å². The largest absolute Gasteiger partial charge is 0.295 e. The number of thioether (sulfide) groups is 1. The smallest absolute Gasteiger partial charge is 0.218 e. The van der Waals surface area contributed by atoms with E-state index in [1.165, 1.54) is 12.3 Å². The Bertz CT molecular complexity index is 553. The molecular formula is C13H14BrF2N3OS. The van der Waals surface area contributed by atoms with Gasteiger partial charge in [-0.3, -0.25) is 4.84 Å². The van der Waals surface area contributed by atoms with Gasteiger partial charge in [-0.05, 0) is 40.8 Å². The lowest BCUT2D eigenvalue weighted by Gasteiger charge is -2.24. The van der Waals surface area contributed by atoms with Crippen LogP contribution in [0.2, 0.25) is 0 Å². The maximum Gasteiger partial charge on any atom is 0.218 e. The third-order valence-corrected chi connectivity index (χ3v) is 5.41. The molecule has 1 saturated carbocycles. The van der Waals surface area contributed by atoms with Gasteiger partial charge in [-0.25, -0.2) is 15.3 Å². The Labute approximate surface area is 134 Å². The summed E-state index contributed by atoms with van der Waals surface area (Å²) >= 11 is 4.33. The van der Waals surface area contributed by atoms with E-state index in [4.69, 9.17) is 10.7 Å². The molecule has 1 heterocycles. The molecule has 0 amide bonds. The highest BCUT2D eigenvalue weighted by Gasteiger charge is 2.47. The topological polar surface area (TPSA) is 71.9 Å². The predicted molar refractivity (Wildman–Crippen MR) is 79.4 cm³/mol. The second-order valence-electron chi connectivity index (χ2n) is 4.88. The zero-order chi connectivity index (χ0) is 15.5. The molecule has 0 radical (unpaired) electrons. The number of nitrogens with two attached hydrogens (primary N) is 1. The molecule has 2 atom stereocenters. The number of nitrogens with zero attached hydrogens (tertiary/aromatic N) is 2. The van der Waals surface area contributed by atoms with E-state index in [0.29, 0.717) is 4.47 Å². The van der Waals surface area contributed by atoms with Crippen molar-refractivity contribution in [1.82, 2.24) is 4.98 Å². The zero-order valence-corrected chi connectivity index (χ0v) is 13.5. The summed E-state index contributed by atoms with van der Waals surface area (Å²) in [5.41, 5.74) is 0.181. The van der Waals surface area contributed by atoms with Crippen molar-refractivity contribution in [2.45, 2.75) is 23.7 Å². The predicted octanol–water partition coefficient (Wildman–Crippen LogP) is 3.29. The summed E-state index contributed by atoms with van der Waals surface area (Å²) in [6.45, 7) is -0.741. The molecule has 21 heavy (non-hydrogen) atoms. The highest BCUT2D eigenvalue weighted by Crippen LogP contribution is 2.48. The molecule has 114 valence electrons. The Balaban J connectivity index is 2.12. The van der Waals surface area contributed by atoms with Crippen LogP contribution in [0.25, 0.3) is 0 Å². The third kappa shape index (κ3) is 3.72. The van der Waals surface area contributed by atoms with Gasteiger partial charge in [0.1, 0.15) is 17.5 Å². The quantitative estimate of drug-likeness (QED) is 0.582. The van der Waals surface area contributed by atoms with Crippen molar-refractivity contribution in [3.8, 4) is 6.07 Å². The molecule has 1 fully saturated rings. The number of aromatic nitrogens is 1. The Morgan fingerprint density at radius 1 is 1.67 bits per heavy atom. The number of hydrogen-bond donors (Lipinski definition) is 1. The van der Waals surface area contributed by atoms with E-state index in [-0.39, 0.29) is 17.2 Å². The molecule has 4 nitrogen and oxygen atoms in total. The van der Waals surface area contributed by atoms with E-state index >= 15 is 0 Å². The first-order valence-corrected chi connectivity index (χ1v) is 8.12. The van der Waals surface area contributed by atoms with Crippen LogP contribution in [0.1, 0.15) is 24.5 Å². The minimum absolute atomic E-state index is 0.0430. The van der Waals surface area contributed by atoms with Crippen molar-refractivity contribution in [2.75, 3.05) is 12.4 Å². The van der Waals surface area contributed by atoms with E-state index < -0.39 is 23.5 Å². The highest BCUT2D eigenvalue weighted by atomic mass is 79.9. The van der Waals surface area contributed by atoms with E-state index in [1.807, 2.05) is 0 Å². The normalized spacial score (nSPS) is 18.8. The van der Waals surface area contributed by atoms with Crippen LogP contribution in [0.3, 0.4) is 0 Å². The summed E-state index contributed by atoms with van der Waals surface area (Å²) in [7, 11) is 0. The van der Waals surface area contributed by atoms with Crippen LogP contribution in [0, 0.1) is 23.2 Å². The summed E-state index contributed by atoms with van der Waals surface area (Å²) in [5, 5.41) is 9.26. The molecule has 1 aromatic rings. The fraction of sp³-hybridized carbons (Fsp3) is 0.538. The lowest BCUT2D eigenvalue weighted by Crippen LogP contribution is -2.30. The van der Waals surface area contributed by atoms with Crippen molar-refractivity contribution in [1.29, 1.82) is 5.26 Å². The van der Waals surface area contributed by atoms with Crippen LogP contribution in [-0.4, -0.2) is 22.2 Å². The molecule has 2 rings (SSSR count). The van der Waals surface area contributed by atoms with Crippen molar-refractivity contribution in [3.63, 3.8) is 0 Å². The molecular weight excluding hydrogens is 364 g/mol. The minimum atomic E-state index is -1.09. The average molecular weight is 378 g/mol. The Kier molecular flexibility index (Phi) is 5.54. The van der Waals surface area contributed by atoms with Crippen LogP contribution in [0.15, 0.2) is 16.7 Å². The van der Waals surface area contributed by atoms with Gasteiger partial charge in [-0.1, -0.05) is 0 Å². The third-order valence-electron chi connectivity index (χ3n) is 3.46. The molecule has 0 aromatic carbocycles. The number of alkyl halides is 1. The highest BCUT2D eigenvalue weighted by molar-refractivity contribution is 9.10. The number of rotatable bonds is 7. The molecule has 0 saturated heterocycles. The van der Waals surface area contributed by atoms with Crippen LogP contribution in [0.4, 0.5) is 8.78 Å². The summed E-state index contributed by atoms with van der Waals surface area (Å²) in [6, 6.07) is 3.57. The number of hydrogen-bond acceptors (Lipinski definition) is 5. The monoisotopic (exact) mass is 377 g/mol. The molecule has 2 unspecified atom stereocenters. The zero-order valence-electron chi connectivity index (χ0n) is 11.1. The standard InChI is InChI=1S/C13H14BrF2N3OS/c14-9-3-10(12(16)19-4-9)11(20-18)5-21-13(6-15,7-17)8-1-2-8/h3-4,8,11H,1-2,5-6,18H2. The van der Waals surface area contributed by atoms with Crippen LogP contribution < -0.4 is 5.90 Å². The molecule has 0 aliphatic heterocycles. The maximum atomic E-state index is 13.7. The molecule has 1 aromatic heterocycles. The Morgan fingerprint density at radius 2 is 2.38 bits per heavy atom. The van der Waals surface area contributed by atoms with Crippen LogP contribution in [-0.2, 0) is 4.84 Å². The summed E-state index contributed by atoms with van der Waals surface area (Å²) in [4.78, 5) is 8.39. The van der Waals surface area contributed by atoms with E-state index in [2.05, 4.69) is 27.0 Å². The fourth-order valence-electron chi connectivity index (χ4n) is 2.06. The molecule has 1 aliphatic carbocycles. The first-order valence-electron chi connectivity index (χ1n) is 6.34. The van der Waals surface area contributed by atoms with Crippen molar-refractivity contribution in [3.05, 3.63) is 28.2 Å². The van der Waals surface area contributed by atoms with Gasteiger partial charge in [0, 0.05) is 22.0 Å². The van der Waals surface area contributed by atoms with E-state index in [1.54, 1.807) is 0 Å². The average Bonchev–Trinajstić information content (AvgIpc) is 3.33. The van der Waals surface area contributed by atoms with Gasteiger partial charge >= 0.3 is 0 Å². The van der Waals surface area contributed by atoms with Gasteiger partial charge in [0.05, 0.1) is 6.07 Å². The van der Waals surface area contributed by atoms with Gasteiger partial charge in [0.15, 0.2) is 0 Å². The molecule has 0 bridgehead atoms. The van der Waals surface area contributed by atoms with Crippen molar-refractivity contribution in [2.24, 2.45) is 11.8 Å². The molecule has 2 N–H and O–H groups in total. The maximum absolute atomic E-state index is 13.7. The fourth-order valence-corrected chi connectivity index (χ4v) is 3.73. The number of halogens is 3. The molecule has 8 heteroatoms.